The van der Waals surface area contributed by atoms with Crippen LogP contribution in [0.3, 0.4) is 0 Å². The van der Waals surface area contributed by atoms with Gasteiger partial charge in [-0.3, -0.25) is 4.79 Å². The van der Waals surface area contributed by atoms with Crippen molar-refractivity contribution in [3.8, 4) is 5.75 Å². The molecule has 1 atom stereocenters. The molecule has 1 amide bonds. The minimum absolute atomic E-state index is 0.0313. The Hall–Kier alpha value is -2.04. The van der Waals surface area contributed by atoms with Crippen LogP contribution in [0.4, 0.5) is 0 Å². The maximum atomic E-state index is 11.6. The third-order valence-electron chi connectivity index (χ3n) is 2.38. The lowest BCUT2D eigenvalue weighted by molar-refractivity contribution is -0.141. The standard InChI is InChI=1S/C12H15NO4/c1-2-9(12(16)17)13-11(15)7-8-5-3-4-6-10(8)14/h3-6,9,14H,2,7H2,1H3,(H,13,15)(H,16,17)/t9-/m0/s1. The number of para-hydroxylation sites is 1. The Labute approximate surface area is 99.1 Å². The number of aromatic hydroxyl groups is 1. The Morgan fingerprint density at radius 3 is 2.53 bits per heavy atom. The Morgan fingerprint density at radius 1 is 1.35 bits per heavy atom. The molecule has 1 rings (SSSR count). The van der Waals surface area contributed by atoms with Crippen molar-refractivity contribution in [1.82, 2.24) is 5.32 Å². The zero-order valence-electron chi connectivity index (χ0n) is 9.51. The Bertz CT molecular complexity index is 417. The number of nitrogens with one attached hydrogen (secondary N) is 1. The maximum absolute atomic E-state index is 11.6. The van der Waals surface area contributed by atoms with Gasteiger partial charge in [0, 0.05) is 5.56 Å². The summed E-state index contributed by atoms with van der Waals surface area (Å²) in [6.45, 7) is 1.68. The van der Waals surface area contributed by atoms with Crippen molar-refractivity contribution >= 4 is 11.9 Å². The number of rotatable bonds is 5. The van der Waals surface area contributed by atoms with Crippen molar-refractivity contribution in [2.45, 2.75) is 25.8 Å². The van der Waals surface area contributed by atoms with Crippen molar-refractivity contribution in [2.75, 3.05) is 0 Å². The minimum Gasteiger partial charge on any atom is -0.508 e. The maximum Gasteiger partial charge on any atom is 0.326 e. The second kappa shape index (κ2) is 5.89. The highest BCUT2D eigenvalue weighted by Crippen LogP contribution is 2.15. The zero-order chi connectivity index (χ0) is 12.8. The summed E-state index contributed by atoms with van der Waals surface area (Å²) in [7, 11) is 0. The molecule has 0 aromatic heterocycles. The molecule has 0 aliphatic rings. The minimum atomic E-state index is -1.06. The first kappa shape index (κ1) is 13.0. The summed E-state index contributed by atoms with van der Waals surface area (Å²) in [4.78, 5) is 22.3. The molecular formula is C12H15NO4. The van der Waals surface area contributed by atoms with E-state index >= 15 is 0 Å². The lowest BCUT2D eigenvalue weighted by atomic mass is 10.1. The van der Waals surface area contributed by atoms with Gasteiger partial charge in [0.1, 0.15) is 11.8 Å². The van der Waals surface area contributed by atoms with Gasteiger partial charge in [-0.1, -0.05) is 25.1 Å². The highest BCUT2D eigenvalue weighted by molar-refractivity contribution is 5.85. The largest absolute Gasteiger partial charge is 0.508 e. The predicted molar refractivity (Wildman–Crippen MR) is 61.7 cm³/mol. The van der Waals surface area contributed by atoms with Gasteiger partial charge in [0.25, 0.3) is 0 Å². The third-order valence-corrected chi connectivity index (χ3v) is 2.38. The van der Waals surface area contributed by atoms with Crippen LogP contribution < -0.4 is 5.32 Å². The van der Waals surface area contributed by atoms with E-state index in [4.69, 9.17) is 5.11 Å². The fraction of sp³-hybridized carbons (Fsp3) is 0.333. The van der Waals surface area contributed by atoms with Gasteiger partial charge in [-0.15, -0.1) is 0 Å². The molecule has 5 heteroatoms. The molecule has 92 valence electrons. The van der Waals surface area contributed by atoms with E-state index in [1.807, 2.05) is 0 Å². The molecule has 0 bridgehead atoms. The van der Waals surface area contributed by atoms with Gasteiger partial charge in [0.2, 0.25) is 5.91 Å². The van der Waals surface area contributed by atoms with Crippen LogP contribution in [0, 0.1) is 0 Å². The topological polar surface area (TPSA) is 86.6 Å². The average molecular weight is 237 g/mol. The van der Waals surface area contributed by atoms with Crippen LogP contribution in [0.25, 0.3) is 0 Å². The Balaban J connectivity index is 2.61. The molecule has 0 heterocycles. The number of carboxylic acids is 1. The summed E-state index contributed by atoms with van der Waals surface area (Å²) in [6.07, 6.45) is 0.290. The summed E-state index contributed by atoms with van der Waals surface area (Å²) in [5.41, 5.74) is 0.477. The van der Waals surface area contributed by atoms with Crippen LogP contribution in [-0.2, 0) is 16.0 Å². The van der Waals surface area contributed by atoms with Crippen LogP contribution in [0.2, 0.25) is 0 Å². The molecule has 0 aliphatic heterocycles. The van der Waals surface area contributed by atoms with Crippen molar-refractivity contribution in [1.29, 1.82) is 0 Å². The zero-order valence-corrected chi connectivity index (χ0v) is 9.51. The van der Waals surface area contributed by atoms with Crippen molar-refractivity contribution < 1.29 is 19.8 Å². The highest BCUT2D eigenvalue weighted by atomic mass is 16.4. The lowest BCUT2D eigenvalue weighted by Gasteiger charge is -2.12. The van der Waals surface area contributed by atoms with Gasteiger partial charge in [-0.25, -0.2) is 4.79 Å². The smallest absolute Gasteiger partial charge is 0.326 e. The third kappa shape index (κ3) is 3.79. The first-order chi connectivity index (χ1) is 8.04. The number of hydrogen-bond donors (Lipinski definition) is 3. The number of carboxylic acid groups (broad SMARTS) is 1. The fourth-order valence-electron chi connectivity index (χ4n) is 1.42. The van der Waals surface area contributed by atoms with Crippen LogP contribution in [0.15, 0.2) is 24.3 Å². The van der Waals surface area contributed by atoms with Gasteiger partial charge in [0.15, 0.2) is 0 Å². The van der Waals surface area contributed by atoms with Crippen LogP contribution in [0.1, 0.15) is 18.9 Å². The molecule has 0 radical (unpaired) electrons. The van der Waals surface area contributed by atoms with Crippen LogP contribution in [0.5, 0.6) is 5.75 Å². The van der Waals surface area contributed by atoms with Crippen molar-refractivity contribution in [3.05, 3.63) is 29.8 Å². The molecule has 0 saturated heterocycles. The summed E-state index contributed by atoms with van der Waals surface area (Å²) in [6, 6.07) is 5.58. The number of carbonyl (C=O) groups excluding carboxylic acids is 1. The van der Waals surface area contributed by atoms with Gasteiger partial charge >= 0.3 is 5.97 Å². The van der Waals surface area contributed by atoms with Crippen molar-refractivity contribution in [3.63, 3.8) is 0 Å². The first-order valence-electron chi connectivity index (χ1n) is 5.33. The number of phenols is 1. The molecule has 3 N–H and O–H groups in total. The van der Waals surface area contributed by atoms with E-state index in [0.29, 0.717) is 12.0 Å². The van der Waals surface area contributed by atoms with E-state index in [1.54, 1.807) is 25.1 Å². The van der Waals surface area contributed by atoms with E-state index in [2.05, 4.69) is 5.32 Å². The number of hydrogen-bond acceptors (Lipinski definition) is 3. The quantitative estimate of drug-likeness (QED) is 0.710. The van der Waals surface area contributed by atoms with Crippen molar-refractivity contribution in [2.24, 2.45) is 0 Å². The highest BCUT2D eigenvalue weighted by Gasteiger charge is 2.18. The molecule has 1 aromatic carbocycles. The molecule has 0 fully saturated rings. The predicted octanol–water partition coefficient (Wildman–Crippen LogP) is 0.914. The number of phenolic OH excluding ortho intramolecular Hbond substituents is 1. The second-order valence-corrected chi connectivity index (χ2v) is 3.67. The summed E-state index contributed by atoms with van der Waals surface area (Å²) < 4.78 is 0. The van der Waals surface area contributed by atoms with E-state index in [-0.39, 0.29) is 12.2 Å². The molecule has 5 nitrogen and oxygen atoms in total. The number of amides is 1. The molecule has 1 aromatic rings. The average Bonchev–Trinajstić information content (AvgIpc) is 2.28. The fourth-order valence-corrected chi connectivity index (χ4v) is 1.42. The van der Waals surface area contributed by atoms with Gasteiger partial charge in [0.05, 0.1) is 6.42 Å². The molecule has 0 saturated carbocycles. The summed E-state index contributed by atoms with van der Waals surface area (Å²) >= 11 is 0. The molecule has 0 spiro atoms. The SMILES string of the molecule is CC[C@H](NC(=O)Cc1ccccc1O)C(=O)O. The summed E-state index contributed by atoms with van der Waals surface area (Å²) in [5.74, 6) is -1.44. The van der Waals surface area contributed by atoms with E-state index in [9.17, 15) is 14.7 Å². The van der Waals surface area contributed by atoms with Crippen LogP contribution >= 0.6 is 0 Å². The van der Waals surface area contributed by atoms with E-state index < -0.39 is 17.9 Å². The van der Waals surface area contributed by atoms with E-state index in [1.165, 1.54) is 6.07 Å². The van der Waals surface area contributed by atoms with Gasteiger partial charge in [-0.2, -0.15) is 0 Å². The summed E-state index contributed by atoms with van der Waals surface area (Å²) in [5, 5.41) is 20.6. The second-order valence-electron chi connectivity index (χ2n) is 3.67. The number of benzene rings is 1. The molecule has 17 heavy (non-hydrogen) atoms. The lowest BCUT2D eigenvalue weighted by Crippen LogP contribution is -2.40. The Morgan fingerprint density at radius 2 is 2.00 bits per heavy atom. The number of carbonyl (C=O) groups is 2. The molecular weight excluding hydrogens is 222 g/mol. The van der Waals surface area contributed by atoms with Gasteiger partial charge in [-0.05, 0) is 12.5 Å². The van der Waals surface area contributed by atoms with E-state index in [0.717, 1.165) is 0 Å². The Kier molecular flexibility index (Phi) is 4.51. The monoisotopic (exact) mass is 237 g/mol. The normalized spacial score (nSPS) is 11.8. The molecule has 0 unspecified atom stereocenters. The number of aliphatic carboxylic acids is 1. The first-order valence-corrected chi connectivity index (χ1v) is 5.33. The van der Waals surface area contributed by atoms with Crippen LogP contribution in [-0.4, -0.2) is 28.1 Å². The molecule has 0 aliphatic carbocycles. The van der Waals surface area contributed by atoms with Gasteiger partial charge < -0.3 is 15.5 Å².